The van der Waals surface area contributed by atoms with Gasteiger partial charge in [0.2, 0.25) is 5.91 Å². The van der Waals surface area contributed by atoms with E-state index in [4.69, 9.17) is 5.73 Å². The average molecular weight is 248 g/mol. The van der Waals surface area contributed by atoms with Crippen molar-refractivity contribution in [3.63, 3.8) is 0 Å². The number of benzene rings is 1. The van der Waals surface area contributed by atoms with Crippen LogP contribution < -0.4 is 11.1 Å². The van der Waals surface area contributed by atoms with E-state index >= 15 is 0 Å². The fourth-order valence-electron chi connectivity index (χ4n) is 1.69. The Labute approximate surface area is 110 Å². The van der Waals surface area contributed by atoms with E-state index in [1.54, 1.807) is 0 Å². The highest BCUT2D eigenvalue weighted by Crippen LogP contribution is 2.12. The maximum absolute atomic E-state index is 11.9. The number of hydrogen-bond donors (Lipinski definition) is 2. The Bertz CT molecular complexity index is 425. The van der Waals surface area contributed by atoms with Crippen molar-refractivity contribution in [2.24, 2.45) is 11.1 Å². The highest BCUT2D eigenvalue weighted by Gasteiger charge is 2.16. The Morgan fingerprint density at radius 1 is 1.33 bits per heavy atom. The summed E-state index contributed by atoms with van der Waals surface area (Å²) in [5.41, 5.74) is 9.07. The number of rotatable bonds is 5. The van der Waals surface area contributed by atoms with Crippen LogP contribution in [0.3, 0.4) is 0 Å². The fourth-order valence-corrected chi connectivity index (χ4v) is 1.69. The molecule has 0 spiro atoms. The topological polar surface area (TPSA) is 55.1 Å². The van der Waals surface area contributed by atoms with Gasteiger partial charge in [-0.05, 0) is 36.9 Å². The molecule has 1 rings (SSSR count). The van der Waals surface area contributed by atoms with Crippen molar-refractivity contribution in [3.8, 4) is 0 Å². The van der Waals surface area contributed by atoms with E-state index < -0.39 is 0 Å². The Morgan fingerprint density at radius 2 is 2.00 bits per heavy atom. The molecule has 3 nitrogen and oxygen atoms in total. The van der Waals surface area contributed by atoms with Crippen LogP contribution in [-0.2, 0) is 11.2 Å². The molecule has 0 radical (unpaired) electrons. The van der Waals surface area contributed by atoms with E-state index in [2.05, 4.69) is 18.3 Å². The van der Waals surface area contributed by atoms with Gasteiger partial charge in [0, 0.05) is 6.54 Å². The second kappa shape index (κ2) is 6.01. The van der Waals surface area contributed by atoms with Crippen molar-refractivity contribution in [2.75, 3.05) is 13.1 Å². The first-order valence-electron chi connectivity index (χ1n) is 6.37. The summed E-state index contributed by atoms with van der Waals surface area (Å²) >= 11 is 0. The largest absolute Gasteiger partial charge is 0.355 e. The van der Waals surface area contributed by atoms with Crippen LogP contribution in [0.25, 0.3) is 0 Å². The molecule has 0 atom stereocenters. The van der Waals surface area contributed by atoms with Gasteiger partial charge in [-0.25, -0.2) is 0 Å². The summed E-state index contributed by atoms with van der Waals surface area (Å²) in [6, 6.07) is 6.17. The van der Waals surface area contributed by atoms with Gasteiger partial charge in [-0.15, -0.1) is 0 Å². The van der Waals surface area contributed by atoms with Crippen LogP contribution in [0.1, 0.15) is 30.5 Å². The maximum Gasteiger partial charge on any atom is 0.224 e. The molecule has 0 aromatic heterocycles. The SMILES string of the molecule is Cc1ccc(CC(=O)NCC(C)(C)CN)c(C)c1. The Balaban J connectivity index is 2.55. The smallest absolute Gasteiger partial charge is 0.224 e. The van der Waals surface area contributed by atoms with E-state index in [1.807, 2.05) is 32.9 Å². The molecule has 0 bridgehead atoms. The lowest BCUT2D eigenvalue weighted by Gasteiger charge is -2.22. The van der Waals surface area contributed by atoms with Crippen LogP contribution in [0.5, 0.6) is 0 Å². The normalized spacial score (nSPS) is 11.4. The van der Waals surface area contributed by atoms with Gasteiger partial charge in [-0.2, -0.15) is 0 Å². The number of nitrogens with one attached hydrogen (secondary N) is 1. The molecule has 0 fully saturated rings. The summed E-state index contributed by atoms with van der Waals surface area (Å²) < 4.78 is 0. The standard InChI is InChI=1S/C15H24N2O/c1-11-5-6-13(12(2)7-11)8-14(18)17-10-15(3,4)9-16/h5-7H,8-10,16H2,1-4H3,(H,17,18). The van der Waals surface area contributed by atoms with Crippen molar-refractivity contribution in [2.45, 2.75) is 34.1 Å². The van der Waals surface area contributed by atoms with Crippen molar-refractivity contribution in [1.82, 2.24) is 5.32 Å². The molecule has 1 aromatic rings. The van der Waals surface area contributed by atoms with Crippen molar-refractivity contribution in [3.05, 3.63) is 34.9 Å². The Hall–Kier alpha value is -1.35. The minimum Gasteiger partial charge on any atom is -0.355 e. The van der Waals surface area contributed by atoms with Crippen molar-refractivity contribution >= 4 is 5.91 Å². The van der Waals surface area contributed by atoms with Crippen molar-refractivity contribution < 1.29 is 4.79 Å². The summed E-state index contributed by atoms with van der Waals surface area (Å²) in [7, 11) is 0. The zero-order valence-electron chi connectivity index (χ0n) is 11.8. The molecule has 3 heteroatoms. The second-order valence-corrected chi connectivity index (χ2v) is 5.75. The molecule has 100 valence electrons. The van der Waals surface area contributed by atoms with Gasteiger partial charge in [0.15, 0.2) is 0 Å². The highest BCUT2D eigenvalue weighted by atomic mass is 16.1. The molecule has 3 N–H and O–H groups in total. The molecule has 1 amide bonds. The molecule has 0 saturated carbocycles. The summed E-state index contributed by atoms with van der Waals surface area (Å²) in [5.74, 6) is 0.0588. The summed E-state index contributed by atoms with van der Waals surface area (Å²) in [6.07, 6.45) is 0.437. The molecular formula is C15H24N2O. The minimum absolute atomic E-state index is 0.0437. The van der Waals surface area contributed by atoms with Gasteiger partial charge in [0.05, 0.1) is 6.42 Å². The third-order valence-corrected chi connectivity index (χ3v) is 3.17. The van der Waals surface area contributed by atoms with Crippen LogP contribution in [0.2, 0.25) is 0 Å². The summed E-state index contributed by atoms with van der Waals surface area (Å²) in [5, 5.41) is 2.95. The molecular weight excluding hydrogens is 224 g/mol. The van der Waals surface area contributed by atoms with Crippen molar-refractivity contribution in [1.29, 1.82) is 0 Å². The number of hydrogen-bond acceptors (Lipinski definition) is 2. The highest BCUT2D eigenvalue weighted by molar-refractivity contribution is 5.79. The van der Waals surface area contributed by atoms with E-state index in [0.717, 1.165) is 5.56 Å². The minimum atomic E-state index is -0.0437. The molecule has 1 aromatic carbocycles. The third kappa shape index (κ3) is 4.49. The number of carbonyl (C=O) groups excluding carboxylic acids is 1. The van der Waals surface area contributed by atoms with Crippen LogP contribution in [0, 0.1) is 19.3 Å². The fraction of sp³-hybridized carbons (Fsp3) is 0.533. The van der Waals surface area contributed by atoms with Gasteiger partial charge in [-0.3, -0.25) is 4.79 Å². The van der Waals surface area contributed by atoms with Crippen LogP contribution in [-0.4, -0.2) is 19.0 Å². The predicted molar refractivity (Wildman–Crippen MR) is 75.5 cm³/mol. The molecule has 18 heavy (non-hydrogen) atoms. The van der Waals surface area contributed by atoms with E-state index in [0.29, 0.717) is 19.5 Å². The third-order valence-electron chi connectivity index (χ3n) is 3.17. The number of carbonyl (C=O) groups is 1. The maximum atomic E-state index is 11.9. The average Bonchev–Trinajstić information content (AvgIpc) is 2.30. The second-order valence-electron chi connectivity index (χ2n) is 5.75. The number of amides is 1. The monoisotopic (exact) mass is 248 g/mol. The molecule has 0 aliphatic rings. The van der Waals surface area contributed by atoms with Crippen LogP contribution in [0.15, 0.2) is 18.2 Å². The van der Waals surface area contributed by atoms with Gasteiger partial charge in [0.25, 0.3) is 0 Å². The zero-order chi connectivity index (χ0) is 13.8. The lowest BCUT2D eigenvalue weighted by Crippen LogP contribution is -2.39. The lowest BCUT2D eigenvalue weighted by molar-refractivity contribution is -0.120. The Morgan fingerprint density at radius 3 is 2.56 bits per heavy atom. The van der Waals surface area contributed by atoms with E-state index in [-0.39, 0.29) is 11.3 Å². The van der Waals surface area contributed by atoms with Gasteiger partial charge in [0.1, 0.15) is 0 Å². The van der Waals surface area contributed by atoms with Crippen LogP contribution in [0.4, 0.5) is 0 Å². The van der Waals surface area contributed by atoms with Gasteiger partial charge in [-0.1, -0.05) is 37.6 Å². The van der Waals surface area contributed by atoms with Gasteiger partial charge >= 0.3 is 0 Å². The lowest BCUT2D eigenvalue weighted by atomic mass is 9.94. The van der Waals surface area contributed by atoms with Gasteiger partial charge < -0.3 is 11.1 Å². The molecule has 0 saturated heterocycles. The van der Waals surface area contributed by atoms with Crippen LogP contribution >= 0.6 is 0 Å². The number of aryl methyl sites for hydroxylation is 2. The first-order valence-corrected chi connectivity index (χ1v) is 6.37. The number of nitrogens with two attached hydrogens (primary N) is 1. The molecule has 0 unspecified atom stereocenters. The van der Waals surface area contributed by atoms with E-state index in [9.17, 15) is 4.79 Å². The quantitative estimate of drug-likeness (QED) is 0.836. The van der Waals surface area contributed by atoms with E-state index in [1.165, 1.54) is 11.1 Å². The summed E-state index contributed by atoms with van der Waals surface area (Å²) in [6.45, 7) is 9.37. The zero-order valence-corrected chi connectivity index (χ0v) is 11.8. The molecule has 0 aliphatic heterocycles. The summed E-state index contributed by atoms with van der Waals surface area (Å²) in [4.78, 5) is 11.9. The molecule has 0 heterocycles. The first-order chi connectivity index (χ1) is 8.34. The molecule has 0 aliphatic carbocycles. The Kier molecular flexibility index (Phi) is 4.91. The predicted octanol–water partition coefficient (Wildman–Crippen LogP) is 1.95. The first kappa shape index (κ1) is 14.7.